The molecule has 0 aromatic carbocycles. The third-order valence-corrected chi connectivity index (χ3v) is 11.6. The van der Waals surface area contributed by atoms with E-state index in [1.165, 1.54) is 38.4 Å². The molecule has 3 atom stereocenters. The van der Waals surface area contributed by atoms with Crippen molar-refractivity contribution < 1.29 is 29.0 Å². The number of allylic oxidation sites excluding steroid dienone is 1. The number of ketones is 1. The minimum Gasteiger partial charge on any atom is -0.685 e. The van der Waals surface area contributed by atoms with Crippen LogP contribution < -0.4 is 36.2 Å². The largest absolute Gasteiger partial charge is 2.00 e. The number of aromatic nitrogens is 3. The van der Waals surface area contributed by atoms with Gasteiger partial charge in [-0.05, 0) is 75.1 Å². The number of hydrogen-bond donors (Lipinski definition) is 1. The van der Waals surface area contributed by atoms with Crippen LogP contribution in [0.2, 0.25) is 0 Å². The fourth-order valence-electron chi connectivity index (χ4n) is 8.20. The molecule has 0 amide bonds. The fourth-order valence-corrected chi connectivity index (χ4v) is 8.20. The number of aliphatic hydroxyl groups excluding tert-OH is 1. The molecule has 3 aromatic rings. The summed E-state index contributed by atoms with van der Waals surface area (Å²) < 4.78 is 10.8. The summed E-state index contributed by atoms with van der Waals surface area (Å²) in [4.78, 5) is 55.2. The molecule has 5 rings (SSSR count). The summed E-state index contributed by atoms with van der Waals surface area (Å²) in [6.07, 6.45) is 20.5. The number of carbonyl (C=O) groups excluding carboxylic acids is 3. The molecule has 11 heteroatoms. The smallest absolute Gasteiger partial charge is 0.685 e. The van der Waals surface area contributed by atoms with Gasteiger partial charge in [-0.2, -0.15) is 6.20 Å². The molecular weight excluding hydrogens is 753 g/mol. The average molecular weight is 813 g/mol. The number of aliphatic hydroxyl groups is 1. The van der Waals surface area contributed by atoms with Gasteiger partial charge in [-0.3, -0.25) is 14.4 Å². The zero-order valence-electron chi connectivity index (χ0n) is 36.3. The molecule has 6 bridgehead atoms. The van der Waals surface area contributed by atoms with E-state index in [4.69, 9.17) is 29.7 Å². The number of carbonyl (C=O) groups is 3. The van der Waals surface area contributed by atoms with Crippen LogP contribution in [0, 0.1) is 31.6 Å². The predicted molar refractivity (Wildman–Crippen MR) is 236 cm³/mol. The van der Waals surface area contributed by atoms with Crippen molar-refractivity contribution in [2.45, 2.75) is 119 Å². The van der Waals surface area contributed by atoms with Crippen molar-refractivity contribution >= 4 is 76.9 Å². The molecule has 0 fully saturated rings. The van der Waals surface area contributed by atoms with Gasteiger partial charge in [0.1, 0.15) is 12.5 Å². The van der Waals surface area contributed by atoms with Gasteiger partial charge < -0.3 is 34.8 Å². The molecule has 1 aliphatic heterocycles. The topological polar surface area (TPSA) is 146 Å². The van der Waals surface area contributed by atoms with Crippen molar-refractivity contribution in [3.63, 3.8) is 0 Å². The molecule has 2 aliphatic rings. The van der Waals surface area contributed by atoms with Gasteiger partial charge in [-0.15, -0.1) is 33.1 Å². The molecule has 0 spiro atoms. The summed E-state index contributed by atoms with van der Waals surface area (Å²) >= 11 is 0. The van der Waals surface area contributed by atoms with Gasteiger partial charge in [0.15, 0.2) is 5.78 Å². The zero-order valence-corrected chi connectivity index (χ0v) is 37.7. The van der Waals surface area contributed by atoms with Crippen LogP contribution in [0.4, 0.5) is 0 Å². The molecule has 1 unspecified atom stereocenters. The van der Waals surface area contributed by atoms with E-state index in [2.05, 4.69) is 34.3 Å². The number of ether oxygens (including phenoxy) is 2. The summed E-state index contributed by atoms with van der Waals surface area (Å²) in [7, 11) is 1.26. The minimum atomic E-state index is -1.22. The quantitative estimate of drug-likeness (QED) is 0.0739. The molecule has 312 valence electrons. The summed E-state index contributed by atoms with van der Waals surface area (Å²) in [6, 6.07) is -0.686. The van der Waals surface area contributed by atoms with Crippen LogP contribution in [0.5, 0.6) is 0 Å². The van der Waals surface area contributed by atoms with Crippen LogP contribution in [0.3, 0.4) is 0 Å². The van der Waals surface area contributed by atoms with Crippen LogP contribution >= 0.6 is 0 Å². The van der Waals surface area contributed by atoms with Gasteiger partial charge in [-0.1, -0.05) is 125 Å². The Morgan fingerprint density at radius 1 is 0.949 bits per heavy atom. The van der Waals surface area contributed by atoms with Crippen LogP contribution in [-0.4, -0.2) is 65.6 Å². The van der Waals surface area contributed by atoms with Crippen LogP contribution in [0.15, 0.2) is 24.4 Å². The number of esters is 2. The van der Waals surface area contributed by atoms with Gasteiger partial charge in [-0.25, -0.2) is 0 Å². The first kappa shape index (κ1) is 47.2. The first-order valence-corrected chi connectivity index (χ1v) is 20.8. The molecule has 0 saturated heterocycles. The van der Waals surface area contributed by atoms with Crippen molar-refractivity contribution in [3.8, 4) is 0 Å². The van der Waals surface area contributed by atoms with Crippen molar-refractivity contribution in [2.75, 3.05) is 13.7 Å². The second-order valence-electron chi connectivity index (χ2n) is 16.2. The van der Waals surface area contributed by atoms with E-state index in [-0.39, 0.29) is 42.0 Å². The van der Waals surface area contributed by atoms with Gasteiger partial charge in [0, 0.05) is 12.0 Å². The summed E-state index contributed by atoms with van der Waals surface area (Å²) in [5.74, 6) is -1.17. The van der Waals surface area contributed by atoms with Gasteiger partial charge in [0.25, 0.3) is 0 Å². The van der Waals surface area contributed by atoms with E-state index in [1.54, 1.807) is 18.4 Å². The summed E-state index contributed by atoms with van der Waals surface area (Å²) in [6.45, 7) is 18.9. The molecule has 3 aromatic heterocycles. The maximum atomic E-state index is 14.1. The first-order chi connectivity index (χ1) is 27.8. The fraction of sp³-hybridized carbons (Fsp3) is 0.479. The van der Waals surface area contributed by atoms with Gasteiger partial charge in [0.05, 0.1) is 13.4 Å². The number of methoxy groups -OCH3 is 1. The Morgan fingerprint density at radius 2 is 1.68 bits per heavy atom. The van der Waals surface area contributed by atoms with Crippen molar-refractivity contribution in [2.24, 2.45) is 17.8 Å². The van der Waals surface area contributed by atoms with E-state index in [0.29, 0.717) is 80.2 Å². The number of rotatable bonds is 17. The monoisotopic (exact) mass is 812 g/mol. The second-order valence-corrected chi connectivity index (χ2v) is 16.2. The van der Waals surface area contributed by atoms with Crippen LogP contribution in [0.1, 0.15) is 142 Å². The summed E-state index contributed by atoms with van der Waals surface area (Å²) in [5, 5.41) is 17.3. The Labute approximate surface area is 365 Å². The maximum absolute atomic E-state index is 14.1. The Hall–Kier alpha value is -4.48. The molecule has 59 heavy (non-hydrogen) atoms. The van der Waals surface area contributed by atoms with E-state index in [9.17, 15) is 19.5 Å². The van der Waals surface area contributed by atoms with E-state index in [0.717, 1.165) is 41.7 Å². The maximum Gasteiger partial charge on any atom is 2.00 e. The second kappa shape index (κ2) is 21.7. The molecule has 1 aliphatic carbocycles. The SMILES string of the molecule is C=Cc1c2[n-]c(c1C)/C=C\[N-]C(CCCC(=O)OC/C=C(\C)CCC[C@H](C)CCCC(C)C)C1=c3[n-]/c(c(C)c3C(=O)[C@@H]1C(=O)OC)=C\c1[n-]c(/c(=C\O)c1CC)=C\2.[Mg+2]. The van der Waals surface area contributed by atoms with E-state index >= 15 is 0 Å². The Kier molecular flexibility index (Phi) is 17.3. The zero-order chi connectivity index (χ0) is 42.1. The molecule has 10 nitrogen and oxygen atoms in total. The first-order valence-electron chi connectivity index (χ1n) is 20.8. The van der Waals surface area contributed by atoms with Gasteiger partial charge in [0.2, 0.25) is 0 Å². The minimum absolute atomic E-state index is 0. The third kappa shape index (κ3) is 11.0. The average Bonchev–Trinajstić information content (AvgIpc) is 3.88. The Bertz CT molecular complexity index is 2320. The number of Topliss-reactive ketones (excluding diaryl/α,β-unsaturated/α-hetero) is 1. The molecule has 0 radical (unpaired) electrons. The number of hydrogen-bond acceptors (Lipinski definition) is 6. The Balaban J connectivity index is 0.00000769. The van der Waals surface area contributed by atoms with Crippen LogP contribution in [0.25, 0.3) is 41.5 Å². The van der Waals surface area contributed by atoms with E-state index in [1.807, 2.05) is 39.0 Å². The molecule has 1 N–H and O–H groups in total. The predicted octanol–water partition coefficient (Wildman–Crippen LogP) is 6.11. The standard InChI is InChI=1S/C48H60N4O6.Mg/c1-10-33-31(7)36-21-23-49-37(19-14-20-42(54)58-24-22-30(6)18-13-17-29(5)16-12-15-28(3)4)44-45(48(56)57-9)47(55)43-32(8)38(52-46(43)44)25-40-34(11-2)35(27-53)41(51-40)26-39(33)50-36;/h10,21-23,25-29,37,45H,1,11-20,24H2,2-9H3,(H,53,55);/q-4;+2/b23-21-,30-22+,41-26-;/t29-,37?,45-;/m1./s1. The molecular formula is C48H60MgN4O6-2. The normalized spacial score (nSPS) is 18.7. The number of fused-ring (bicyclic) bond motifs is 5. The summed E-state index contributed by atoms with van der Waals surface area (Å²) in [5.41, 5.74) is 7.05. The van der Waals surface area contributed by atoms with Crippen molar-refractivity contribution in [1.29, 1.82) is 0 Å². The number of nitrogens with zero attached hydrogens (tertiary/aromatic N) is 4. The Morgan fingerprint density at radius 3 is 2.36 bits per heavy atom. The van der Waals surface area contributed by atoms with Crippen LogP contribution in [-0.2, 0) is 25.5 Å². The third-order valence-electron chi connectivity index (χ3n) is 11.6. The van der Waals surface area contributed by atoms with Gasteiger partial charge >= 0.3 is 35.0 Å². The molecule has 4 heterocycles. The van der Waals surface area contributed by atoms with Crippen molar-refractivity contribution in [3.05, 3.63) is 95.9 Å². The van der Waals surface area contributed by atoms with Crippen molar-refractivity contribution in [1.82, 2.24) is 15.0 Å². The molecule has 0 saturated carbocycles. The van der Waals surface area contributed by atoms with E-state index < -0.39 is 23.7 Å².